The average molecular weight is 604 g/mol. The highest BCUT2D eigenvalue weighted by Crippen LogP contribution is 2.32. The molecule has 2 N–H and O–H groups in total. The molecule has 0 unspecified atom stereocenters. The Labute approximate surface area is 256 Å². The number of nitrogens with one attached hydrogen (secondary N) is 1. The number of carbonyl (C=O) groups excluding carboxylic acids is 2. The fourth-order valence-electron chi connectivity index (χ4n) is 6.35. The van der Waals surface area contributed by atoms with Crippen LogP contribution >= 0.6 is 0 Å². The van der Waals surface area contributed by atoms with Crippen molar-refractivity contribution in [3.8, 4) is 0 Å². The first-order chi connectivity index (χ1) is 21.2. The number of piperazine rings is 1. The van der Waals surface area contributed by atoms with Gasteiger partial charge in [-0.15, -0.1) is 0 Å². The number of rotatable bonds is 12. The van der Waals surface area contributed by atoms with Crippen LogP contribution in [0.25, 0.3) is 11.0 Å². The monoisotopic (exact) mass is 603 g/mol. The number of Topliss-reactive ketones (excluding diaryl/α,β-unsaturated/α-hetero) is 1. The zero-order chi connectivity index (χ0) is 31.2. The van der Waals surface area contributed by atoms with Crippen LogP contribution in [0.15, 0.2) is 29.3 Å². The van der Waals surface area contributed by atoms with Crippen LogP contribution < -0.4 is 15.8 Å². The molecule has 0 aromatic carbocycles. The number of anilines is 3. The molecule has 3 aromatic heterocycles. The van der Waals surface area contributed by atoms with E-state index in [1.807, 2.05) is 17.0 Å². The van der Waals surface area contributed by atoms with Crippen LogP contribution in [-0.4, -0.2) is 73.4 Å². The minimum Gasteiger partial charge on any atom is -0.481 e. The third-order valence-corrected chi connectivity index (χ3v) is 8.77. The number of hydrogen-bond donors (Lipinski definition) is 2. The molecule has 0 spiro atoms. The number of ketones is 1. The third kappa shape index (κ3) is 7.06. The van der Waals surface area contributed by atoms with Crippen LogP contribution in [0.1, 0.15) is 93.1 Å². The Balaban J connectivity index is 1.20. The van der Waals surface area contributed by atoms with Crippen molar-refractivity contribution < 1.29 is 19.5 Å². The molecular weight excluding hydrogens is 562 g/mol. The fourth-order valence-corrected chi connectivity index (χ4v) is 6.35. The van der Waals surface area contributed by atoms with E-state index in [4.69, 9.17) is 10.1 Å². The molecule has 1 aliphatic heterocycles. The van der Waals surface area contributed by atoms with E-state index in [0.717, 1.165) is 50.6 Å². The lowest BCUT2D eigenvalue weighted by Gasteiger charge is -2.36. The first kappa shape index (κ1) is 31.1. The van der Waals surface area contributed by atoms with Crippen LogP contribution in [0.5, 0.6) is 0 Å². The minimum atomic E-state index is -0.771. The Morgan fingerprint density at radius 3 is 2.30 bits per heavy atom. The van der Waals surface area contributed by atoms with Gasteiger partial charge in [-0.2, -0.15) is 4.98 Å². The van der Waals surface area contributed by atoms with E-state index in [2.05, 4.69) is 20.2 Å². The van der Waals surface area contributed by atoms with Gasteiger partial charge in [-0.05, 0) is 57.2 Å². The van der Waals surface area contributed by atoms with Crippen LogP contribution in [0, 0.1) is 6.92 Å². The maximum atomic E-state index is 13.5. The number of aromatic nitrogens is 4. The summed E-state index contributed by atoms with van der Waals surface area (Å²) in [6.45, 7) is 5.93. The Kier molecular flexibility index (Phi) is 9.86. The maximum Gasteiger partial charge on any atom is 0.303 e. The maximum absolute atomic E-state index is 13.5. The van der Waals surface area contributed by atoms with Gasteiger partial charge in [-0.25, -0.2) is 9.97 Å². The van der Waals surface area contributed by atoms with Crippen molar-refractivity contribution in [1.82, 2.24) is 24.4 Å². The second-order valence-corrected chi connectivity index (χ2v) is 11.8. The van der Waals surface area contributed by atoms with Gasteiger partial charge < -0.3 is 20.2 Å². The summed E-state index contributed by atoms with van der Waals surface area (Å²) in [7, 11) is 0. The molecule has 0 bridgehead atoms. The van der Waals surface area contributed by atoms with E-state index < -0.39 is 5.97 Å². The average Bonchev–Trinajstić information content (AvgIpc) is 3.53. The summed E-state index contributed by atoms with van der Waals surface area (Å²) < 4.78 is 1.70. The number of aryl methyl sites for hydroxylation is 1. The molecule has 3 aromatic rings. The van der Waals surface area contributed by atoms with Gasteiger partial charge in [-0.1, -0.05) is 25.7 Å². The largest absolute Gasteiger partial charge is 0.481 e. The molecule has 12 heteroatoms. The number of carboxylic acids is 1. The zero-order valence-corrected chi connectivity index (χ0v) is 25.5. The standard InChI is InChI=1S/C32H41N7O5/c1-21-25-20-34-32(36-30(25)39(23-9-7-8-10-23)31(44)29(21)22(2)40)35-26-14-13-24(19-33-26)37-15-17-38(18-16-37)27(41)11-5-3-4-6-12-28(42)43/h13-14,19-20,23H,3-12,15-18H2,1-2H3,(H,42,43)(H,33,34,35,36). The van der Waals surface area contributed by atoms with Gasteiger partial charge in [0.15, 0.2) is 5.78 Å². The lowest BCUT2D eigenvalue weighted by Crippen LogP contribution is -2.48. The molecule has 4 heterocycles. The quantitative estimate of drug-likeness (QED) is 0.221. The lowest BCUT2D eigenvalue weighted by molar-refractivity contribution is -0.137. The summed E-state index contributed by atoms with van der Waals surface area (Å²) in [6, 6.07) is 3.84. The lowest BCUT2D eigenvalue weighted by atomic mass is 10.0. The Morgan fingerprint density at radius 1 is 0.955 bits per heavy atom. The number of aliphatic carboxylic acids is 1. The van der Waals surface area contributed by atoms with Gasteiger partial charge in [0.2, 0.25) is 11.9 Å². The van der Waals surface area contributed by atoms with E-state index >= 15 is 0 Å². The van der Waals surface area contributed by atoms with E-state index in [1.54, 1.807) is 23.9 Å². The molecule has 44 heavy (non-hydrogen) atoms. The van der Waals surface area contributed by atoms with Crippen molar-refractivity contribution in [2.75, 3.05) is 36.4 Å². The number of hydrogen-bond acceptors (Lipinski definition) is 9. The van der Waals surface area contributed by atoms with Gasteiger partial charge >= 0.3 is 5.97 Å². The van der Waals surface area contributed by atoms with Crippen LogP contribution in [0.4, 0.5) is 17.5 Å². The number of pyridine rings is 2. The number of fused-ring (bicyclic) bond motifs is 1. The van der Waals surface area contributed by atoms with Crippen molar-refractivity contribution in [2.24, 2.45) is 0 Å². The molecule has 1 saturated heterocycles. The molecule has 2 aliphatic rings. The Morgan fingerprint density at radius 2 is 1.66 bits per heavy atom. The van der Waals surface area contributed by atoms with Crippen molar-refractivity contribution in [2.45, 2.75) is 84.1 Å². The SMILES string of the molecule is CC(=O)c1c(C)c2cnc(Nc3ccc(N4CCN(C(=O)CCCCCCC(=O)O)CC4)cn3)nc2n(C2CCCC2)c1=O. The Hall–Kier alpha value is -4.35. The van der Waals surface area contributed by atoms with Crippen molar-refractivity contribution in [3.05, 3.63) is 46.0 Å². The van der Waals surface area contributed by atoms with Gasteiger partial charge in [0, 0.05) is 56.6 Å². The molecule has 1 aliphatic carbocycles. The highest BCUT2D eigenvalue weighted by Gasteiger charge is 2.26. The summed E-state index contributed by atoms with van der Waals surface area (Å²) in [6.07, 6.45) is 11.1. The number of carboxylic acid groups (broad SMARTS) is 1. The first-order valence-corrected chi connectivity index (χ1v) is 15.6. The number of amides is 1. The number of nitrogens with zero attached hydrogens (tertiary/aromatic N) is 6. The molecule has 1 amide bonds. The van der Waals surface area contributed by atoms with Gasteiger partial charge in [0.25, 0.3) is 5.56 Å². The smallest absolute Gasteiger partial charge is 0.303 e. The minimum absolute atomic E-state index is 0.00932. The van der Waals surface area contributed by atoms with E-state index in [1.165, 1.54) is 6.92 Å². The van der Waals surface area contributed by atoms with Crippen molar-refractivity contribution >= 4 is 46.1 Å². The van der Waals surface area contributed by atoms with Crippen LogP contribution in [0.3, 0.4) is 0 Å². The molecule has 5 rings (SSSR count). The second kappa shape index (κ2) is 14.0. The normalized spacial score (nSPS) is 15.6. The van der Waals surface area contributed by atoms with E-state index in [-0.39, 0.29) is 35.3 Å². The van der Waals surface area contributed by atoms with Gasteiger partial charge in [0.05, 0.1) is 17.4 Å². The topological polar surface area (TPSA) is 151 Å². The summed E-state index contributed by atoms with van der Waals surface area (Å²) in [4.78, 5) is 66.9. The van der Waals surface area contributed by atoms with Crippen molar-refractivity contribution in [3.63, 3.8) is 0 Å². The summed E-state index contributed by atoms with van der Waals surface area (Å²) in [5.74, 6) is 0.0289. The number of unbranched alkanes of at least 4 members (excludes halogenated alkanes) is 3. The molecule has 1 saturated carbocycles. The Bertz CT molecular complexity index is 1570. The molecule has 0 radical (unpaired) electrons. The molecule has 234 valence electrons. The van der Waals surface area contributed by atoms with E-state index in [0.29, 0.717) is 67.4 Å². The highest BCUT2D eigenvalue weighted by molar-refractivity contribution is 5.99. The predicted octanol–water partition coefficient (Wildman–Crippen LogP) is 4.63. The fraction of sp³-hybridized carbons (Fsp3) is 0.531. The van der Waals surface area contributed by atoms with Gasteiger partial charge in [-0.3, -0.25) is 23.7 Å². The van der Waals surface area contributed by atoms with Crippen molar-refractivity contribution in [1.29, 1.82) is 0 Å². The molecule has 0 atom stereocenters. The molecule has 12 nitrogen and oxygen atoms in total. The first-order valence-electron chi connectivity index (χ1n) is 15.6. The highest BCUT2D eigenvalue weighted by atomic mass is 16.4. The summed E-state index contributed by atoms with van der Waals surface area (Å²) in [5, 5.41) is 12.6. The predicted molar refractivity (Wildman–Crippen MR) is 168 cm³/mol. The summed E-state index contributed by atoms with van der Waals surface area (Å²) >= 11 is 0. The molecular formula is C32H41N7O5. The second-order valence-electron chi connectivity index (χ2n) is 11.8. The summed E-state index contributed by atoms with van der Waals surface area (Å²) in [5.41, 5.74) is 2.03. The van der Waals surface area contributed by atoms with Crippen LogP contribution in [-0.2, 0) is 9.59 Å². The molecule has 2 fully saturated rings. The zero-order valence-electron chi connectivity index (χ0n) is 25.5. The number of carbonyl (C=O) groups is 3. The van der Waals surface area contributed by atoms with Gasteiger partial charge in [0.1, 0.15) is 11.5 Å². The van der Waals surface area contributed by atoms with Crippen LogP contribution in [0.2, 0.25) is 0 Å². The third-order valence-electron chi connectivity index (χ3n) is 8.77. The van der Waals surface area contributed by atoms with E-state index in [9.17, 15) is 19.2 Å².